The molecule has 9 heteroatoms. The van der Waals surface area contributed by atoms with Crippen molar-refractivity contribution in [2.24, 2.45) is 0 Å². The van der Waals surface area contributed by atoms with Gasteiger partial charge in [0.05, 0.1) is 21.6 Å². The van der Waals surface area contributed by atoms with Crippen LogP contribution in [0.5, 0.6) is 0 Å². The van der Waals surface area contributed by atoms with Gasteiger partial charge in [-0.2, -0.15) is 0 Å². The molecule has 2 aromatic carbocycles. The lowest BCUT2D eigenvalue weighted by atomic mass is 10.1. The zero-order valence-electron chi connectivity index (χ0n) is 16.0. The van der Waals surface area contributed by atoms with Crippen molar-refractivity contribution in [3.8, 4) is 0 Å². The van der Waals surface area contributed by atoms with Gasteiger partial charge in [0, 0.05) is 25.8 Å². The molecule has 1 saturated heterocycles. The highest BCUT2D eigenvalue weighted by molar-refractivity contribution is 8.18. The molecule has 3 amide bonds. The maximum absolute atomic E-state index is 12.6. The van der Waals surface area contributed by atoms with Gasteiger partial charge in [-0.15, -0.1) is 0 Å². The molecule has 3 rings (SSSR count). The van der Waals surface area contributed by atoms with Gasteiger partial charge in [0.1, 0.15) is 0 Å². The van der Waals surface area contributed by atoms with Crippen molar-refractivity contribution in [1.29, 1.82) is 0 Å². The summed E-state index contributed by atoms with van der Waals surface area (Å²) in [6.45, 7) is 0.676. The molecule has 1 aliphatic heterocycles. The number of carbonyl (C=O) groups is 3. The van der Waals surface area contributed by atoms with Gasteiger partial charge in [-0.05, 0) is 47.2 Å². The largest absolute Gasteiger partial charge is 0.380 e. The first-order valence-electron chi connectivity index (χ1n) is 8.96. The van der Waals surface area contributed by atoms with E-state index in [0.717, 1.165) is 22.2 Å². The summed E-state index contributed by atoms with van der Waals surface area (Å²) in [5.74, 6) is -0.716. The lowest BCUT2D eigenvalue weighted by molar-refractivity contribution is -0.122. The van der Waals surface area contributed by atoms with Crippen molar-refractivity contribution in [3.63, 3.8) is 0 Å². The molecular weight excluding hydrogens is 447 g/mol. The van der Waals surface area contributed by atoms with Crippen LogP contribution in [0.2, 0.25) is 10.0 Å². The number of imide groups is 1. The molecule has 30 heavy (non-hydrogen) atoms. The van der Waals surface area contributed by atoms with Crippen LogP contribution in [0.25, 0.3) is 6.08 Å². The van der Waals surface area contributed by atoms with Crippen molar-refractivity contribution >= 4 is 58.1 Å². The number of hydrogen-bond donors (Lipinski definition) is 1. The molecule has 0 radical (unpaired) electrons. The van der Waals surface area contributed by atoms with Crippen LogP contribution in [-0.4, -0.2) is 42.2 Å². The number of carbonyl (C=O) groups excluding carboxylic acids is 3. The van der Waals surface area contributed by atoms with Crippen LogP contribution in [0.4, 0.5) is 4.79 Å². The smallest absolute Gasteiger partial charge is 0.293 e. The average Bonchev–Trinajstić information content (AvgIpc) is 2.99. The van der Waals surface area contributed by atoms with Crippen LogP contribution in [0, 0.1) is 0 Å². The Bertz CT molecular complexity index is 1010. The molecule has 2 aromatic rings. The fourth-order valence-electron chi connectivity index (χ4n) is 2.77. The number of halogens is 2. The zero-order valence-corrected chi connectivity index (χ0v) is 18.3. The Morgan fingerprint density at radius 2 is 1.90 bits per heavy atom. The highest BCUT2D eigenvalue weighted by Crippen LogP contribution is 2.34. The van der Waals surface area contributed by atoms with Crippen molar-refractivity contribution in [1.82, 2.24) is 10.2 Å². The van der Waals surface area contributed by atoms with E-state index in [1.165, 1.54) is 0 Å². The minimum atomic E-state index is -0.431. The quantitative estimate of drug-likeness (QED) is 0.605. The average molecular weight is 465 g/mol. The van der Waals surface area contributed by atoms with E-state index in [9.17, 15) is 14.4 Å². The summed E-state index contributed by atoms with van der Waals surface area (Å²) in [4.78, 5) is 38.4. The van der Waals surface area contributed by atoms with Gasteiger partial charge in [-0.3, -0.25) is 19.3 Å². The lowest BCUT2D eigenvalue weighted by Crippen LogP contribution is -2.37. The van der Waals surface area contributed by atoms with Gasteiger partial charge in [0.25, 0.3) is 17.1 Å². The highest BCUT2D eigenvalue weighted by Gasteiger charge is 2.34. The maximum Gasteiger partial charge on any atom is 0.293 e. The Morgan fingerprint density at radius 3 is 2.60 bits per heavy atom. The van der Waals surface area contributed by atoms with Crippen molar-refractivity contribution in [2.75, 3.05) is 20.2 Å². The lowest BCUT2D eigenvalue weighted by Gasteiger charge is -2.13. The Morgan fingerprint density at radius 1 is 1.17 bits per heavy atom. The standard InChI is InChI=1S/C21H18Cl2N2O4S/c1-29-12-13-5-7-14(8-6-13)19(26)24-9-10-25-20(27)17(30-21(25)28)11-15-3-2-4-16(22)18(15)23/h2-8,11H,9-10,12H2,1H3,(H,24,26)/b17-11-. The van der Waals surface area contributed by atoms with E-state index in [-0.39, 0.29) is 23.9 Å². The second kappa shape index (κ2) is 10.1. The topological polar surface area (TPSA) is 75.7 Å². The number of methoxy groups -OCH3 is 1. The minimum absolute atomic E-state index is 0.0682. The summed E-state index contributed by atoms with van der Waals surface area (Å²) in [7, 11) is 1.60. The van der Waals surface area contributed by atoms with E-state index < -0.39 is 11.1 Å². The Kier molecular flexibility index (Phi) is 7.55. The molecule has 1 N–H and O–H groups in total. The van der Waals surface area contributed by atoms with Crippen LogP contribution < -0.4 is 5.32 Å². The number of benzene rings is 2. The number of nitrogens with one attached hydrogen (secondary N) is 1. The van der Waals surface area contributed by atoms with E-state index in [1.54, 1.807) is 55.7 Å². The third-order valence-electron chi connectivity index (χ3n) is 4.29. The Labute approximate surface area is 188 Å². The molecule has 0 spiro atoms. The first kappa shape index (κ1) is 22.4. The Hall–Kier alpha value is -2.32. The minimum Gasteiger partial charge on any atom is -0.380 e. The summed E-state index contributed by atoms with van der Waals surface area (Å²) < 4.78 is 5.04. The normalized spacial score (nSPS) is 15.2. The van der Waals surface area contributed by atoms with Gasteiger partial charge in [-0.25, -0.2) is 0 Å². The molecule has 1 fully saturated rings. The maximum atomic E-state index is 12.6. The third kappa shape index (κ3) is 5.23. The number of nitrogens with zero attached hydrogens (tertiary/aromatic N) is 1. The fraction of sp³-hybridized carbons (Fsp3) is 0.190. The first-order chi connectivity index (χ1) is 14.4. The SMILES string of the molecule is COCc1ccc(C(=O)NCCN2C(=O)S/C(=C\c3cccc(Cl)c3Cl)C2=O)cc1. The summed E-state index contributed by atoms with van der Waals surface area (Å²) in [6, 6.07) is 12.1. The second-order valence-electron chi connectivity index (χ2n) is 6.36. The molecule has 0 aromatic heterocycles. The summed E-state index contributed by atoms with van der Waals surface area (Å²) in [6.07, 6.45) is 1.54. The molecule has 0 aliphatic carbocycles. The van der Waals surface area contributed by atoms with E-state index in [4.69, 9.17) is 27.9 Å². The van der Waals surface area contributed by atoms with Crippen molar-refractivity contribution < 1.29 is 19.1 Å². The molecule has 156 valence electrons. The van der Waals surface area contributed by atoms with Crippen LogP contribution in [-0.2, 0) is 16.1 Å². The van der Waals surface area contributed by atoms with Gasteiger partial charge < -0.3 is 10.1 Å². The number of ether oxygens (including phenoxy) is 1. The number of thioether (sulfide) groups is 1. The third-order valence-corrected chi connectivity index (χ3v) is 6.03. The van der Waals surface area contributed by atoms with Crippen LogP contribution in [0.3, 0.4) is 0 Å². The second-order valence-corrected chi connectivity index (χ2v) is 8.14. The van der Waals surface area contributed by atoms with E-state index in [1.807, 2.05) is 0 Å². The monoisotopic (exact) mass is 464 g/mol. The van der Waals surface area contributed by atoms with E-state index in [2.05, 4.69) is 5.32 Å². The van der Waals surface area contributed by atoms with Crippen LogP contribution >= 0.6 is 35.0 Å². The molecule has 6 nitrogen and oxygen atoms in total. The number of hydrogen-bond acceptors (Lipinski definition) is 5. The summed E-state index contributed by atoms with van der Waals surface area (Å²) >= 11 is 13.0. The molecule has 1 aliphatic rings. The molecule has 0 atom stereocenters. The predicted molar refractivity (Wildman–Crippen MR) is 119 cm³/mol. The van der Waals surface area contributed by atoms with Crippen LogP contribution in [0.15, 0.2) is 47.4 Å². The summed E-state index contributed by atoms with van der Waals surface area (Å²) in [5.41, 5.74) is 2.00. The van der Waals surface area contributed by atoms with Crippen molar-refractivity contribution in [2.45, 2.75) is 6.61 Å². The zero-order chi connectivity index (χ0) is 21.7. The first-order valence-corrected chi connectivity index (χ1v) is 10.5. The summed E-state index contributed by atoms with van der Waals surface area (Å²) in [5, 5.41) is 2.99. The molecule has 0 saturated carbocycles. The molecule has 1 heterocycles. The predicted octanol–water partition coefficient (Wildman–Crippen LogP) is 4.61. The fourth-order valence-corrected chi connectivity index (χ4v) is 3.99. The van der Waals surface area contributed by atoms with Crippen LogP contribution in [0.1, 0.15) is 21.5 Å². The molecule has 0 bridgehead atoms. The van der Waals surface area contributed by atoms with Crippen molar-refractivity contribution in [3.05, 3.63) is 74.1 Å². The highest BCUT2D eigenvalue weighted by atomic mass is 35.5. The van der Waals surface area contributed by atoms with Gasteiger partial charge in [-0.1, -0.05) is 47.5 Å². The van der Waals surface area contributed by atoms with Gasteiger partial charge >= 0.3 is 0 Å². The van der Waals surface area contributed by atoms with E-state index in [0.29, 0.717) is 27.8 Å². The van der Waals surface area contributed by atoms with Gasteiger partial charge in [0.2, 0.25) is 0 Å². The molecular formula is C21H18Cl2N2O4S. The number of rotatable bonds is 7. The van der Waals surface area contributed by atoms with Gasteiger partial charge in [0.15, 0.2) is 0 Å². The molecule has 0 unspecified atom stereocenters. The van der Waals surface area contributed by atoms with E-state index >= 15 is 0 Å². The Balaban J connectivity index is 1.58. The number of amides is 3.